The number of hydrogen-bond acceptors (Lipinski definition) is 3. The number of fused-ring (bicyclic) bond motifs is 1. The summed E-state index contributed by atoms with van der Waals surface area (Å²) in [4.78, 5) is 16.4. The molecule has 0 spiro atoms. The van der Waals surface area contributed by atoms with Gasteiger partial charge in [-0.05, 0) is 37.7 Å². The van der Waals surface area contributed by atoms with Gasteiger partial charge in [-0.15, -0.1) is 0 Å². The molecule has 0 radical (unpaired) electrons. The smallest absolute Gasteiger partial charge is 0.164 e. The third-order valence-electron chi connectivity index (χ3n) is 2.97. The summed E-state index contributed by atoms with van der Waals surface area (Å²) in [6.45, 7) is 4.96. The second-order valence-electron chi connectivity index (χ2n) is 4.50. The van der Waals surface area contributed by atoms with Gasteiger partial charge in [-0.3, -0.25) is 9.78 Å². The van der Waals surface area contributed by atoms with Crippen molar-refractivity contribution in [1.82, 2.24) is 10.3 Å². The van der Waals surface area contributed by atoms with E-state index < -0.39 is 0 Å². The average Bonchev–Trinajstić information content (AvgIpc) is 2.38. The van der Waals surface area contributed by atoms with Gasteiger partial charge in [0.25, 0.3) is 0 Å². The van der Waals surface area contributed by atoms with Crippen LogP contribution in [0, 0.1) is 0 Å². The number of rotatable bonds is 5. The van der Waals surface area contributed by atoms with Gasteiger partial charge in [-0.2, -0.15) is 0 Å². The minimum absolute atomic E-state index is 0.175. The zero-order valence-electron chi connectivity index (χ0n) is 10.8. The van der Waals surface area contributed by atoms with Gasteiger partial charge in [0.1, 0.15) is 0 Å². The summed E-state index contributed by atoms with van der Waals surface area (Å²) in [5.74, 6) is 0.175. The van der Waals surface area contributed by atoms with E-state index in [1.165, 1.54) is 0 Å². The molecular formula is C15H18N2O. The number of hydrogen-bond donors (Lipinski definition) is 1. The first-order valence-corrected chi connectivity index (χ1v) is 6.32. The summed E-state index contributed by atoms with van der Waals surface area (Å²) < 4.78 is 0. The minimum atomic E-state index is 0.175. The van der Waals surface area contributed by atoms with Crippen molar-refractivity contribution >= 4 is 16.7 Å². The van der Waals surface area contributed by atoms with Crippen LogP contribution in [0.15, 0.2) is 36.5 Å². The normalized spacial score (nSPS) is 12.6. The van der Waals surface area contributed by atoms with Gasteiger partial charge in [0.15, 0.2) is 5.78 Å². The van der Waals surface area contributed by atoms with Crippen LogP contribution in [-0.4, -0.2) is 23.4 Å². The molecule has 18 heavy (non-hydrogen) atoms. The van der Waals surface area contributed by atoms with E-state index in [-0.39, 0.29) is 11.8 Å². The van der Waals surface area contributed by atoms with Crippen molar-refractivity contribution < 1.29 is 4.79 Å². The lowest BCUT2D eigenvalue weighted by Gasteiger charge is -2.11. The van der Waals surface area contributed by atoms with Crippen molar-refractivity contribution in [2.45, 2.75) is 26.3 Å². The largest absolute Gasteiger partial charge is 0.314 e. The van der Waals surface area contributed by atoms with Crippen LogP contribution in [0.25, 0.3) is 10.9 Å². The number of benzene rings is 1. The van der Waals surface area contributed by atoms with Gasteiger partial charge >= 0.3 is 0 Å². The van der Waals surface area contributed by atoms with E-state index in [4.69, 9.17) is 0 Å². The maximum absolute atomic E-state index is 12.1. The highest BCUT2D eigenvalue weighted by Gasteiger charge is 2.10. The fourth-order valence-corrected chi connectivity index (χ4v) is 2.07. The Morgan fingerprint density at radius 2 is 2.22 bits per heavy atom. The second-order valence-corrected chi connectivity index (χ2v) is 4.50. The number of pyridine rings is 1. The maximum atomic E-state index is 12.1. The molecule has 0 aliphatic rings. The van der Waals surface area contributed by atoms with Crippen molar-refractivity contribution in [1.29, 1.82) is 0 Å². The molecule has 2 rings (SSSR count). The fraction of sp³-hybridized carbons (Fsp3) is 0.333. The molecule has 1 aromatic heterocycles. The van der Waals surface area contributed by atoms with Gasteiger partial charge in [0, 0.05) is 29.6 Å². The third kappa shape index (κ3) is 2.93. The topological polar surface area (TPSA) is 42.0 Å². The Hall–Kier alpha value is -1.74. The van der Waals surface area contributed by atoms with Crippen molar-refractivity contribution in [3.05, 3.63) is 42.1 Å². The van der Waals surface area contributed by atoms with E-state index in [9.17, 15) is 4.79 Å². The van der Waals surface area contributed by atoms with E-state index >= 15 is 0 Å². The Morgan fingerprint density at radius 3 is 3.00 bits per heavy atom. The quantitative estimate of drug-likeness (QED) is 0.820. The van der Waals surface area contributed by atoms with E-state index in [0.29, 0.717) is 6.42 Å². The summed E-state index contributed by atoms with van der Waals surface area (Å²) in [5.41, 5.74) is 1.69. The van der Waals surface area contributed by atoms with Gasteiger partial charge in [-0.25, -0.2) is 0 Å². The molecule has 0 bridgehead atoms. The highest BCUT2D eigenvalue weighted by molar-refractivity contribution is 5.99. The lowest BCUT2D eigenvalue weighted by atomic mass is 10.0. The van der Waals surface area contributed by atoms with Crippen molar-refractivity contribution in [2.75, 3.05) is 6.54 Å². The predicted molar refractivity (Wildman–Crippen MR) is 73.8 cm³/mol. The zero-order chi connectivity index (χ0) is 13.0. The summed E-state index contributed by atoms with van der Waals surface area (Å²) in [7, 11) is 0. The molecule has 0 fully saturated rings. The first-order chi connectivity index (χ1) is 8.70. The fourth-order valence-electron chi connectivity index (χ4n) is 2.07. The van der Waals surface area contributed by atoms with Crippen LogP contribution in [0.2, 0.25) is 0 Å². The molecule has 0 amide bonds. The molecule has 0 aliphatic heterocycles. The number of carbonyl (C=O) groups is 1. The molecule has 1 atom stereocenters. The van der Waals surface area contributed by atoms with Crippen LogP contribution in [0.1, 0.15) is 30.6 Å². The summed E-state index contributed by atoms with van der Waals surface area (Å²) >= 11 is 0. The Labute approximate surface area is 107 Å². The molecule has 3 nitrogen and oxygen atoms in total. The average molecular weight is 242 g/mol. The lowest BCUT2D eigenvalue weighted by molar-refractivity contribution is 0.0972. The van der Waals surface area contributed by atoms with E-state index in [1.54, 1.807) is 6.20 Å². The standard InChI is InChI=1S/C15H18N2O/c1-3-16-11(2)9-15(18)13-6-7-14-12(10-13)5-4-8-17-14/h4-8,10-11,16H,3,9H2,1-2H3. The second kappa shape index (κ2) is 5.74. The number of Topliss-reactive ketones (excluding diaryl/α,β-unsaturated/α-hetero) is 1. The van der Waals surface area contributed by atoms with Crippen LogP contribution in [-0.2, 0) is 0 Å². The van der Waals surface area contributed by atoms with Gasteiger partial charge in [0.2, 0.25) is 0 Å². The minimum Gasteiger partial charge on any atom is -0.314 e. The molecule has 0 aliphatic carbocycles. The molecule has 1 N–H and O–H groups in total. The molecule has 94 valence electrons. The Balaban J connectivity index is 2.17. The third-order valence-corrected chi connectivity index (χ3v) is 2.97. The molecule has 1 unspecified atom stereocenters. The Morgan fingerprint density at radius 1 is 1.39 bits per heavy atom. The SMILES string of the molecule is CCNC(C)CC(=O)c1ccc2ncccc2c1. The van der Waals surface area contributed by atoms with Gasteiger partial charge < -0.3 is 5.32 Å². The zero-order valence-corrected chi connectivity index (χ0v) is 10.8. The van der Waals surface area contributed by atoms with Crippen LogP contribution in [0.5, 0.6) is 0 Å². The number of ketones is 1. The number of carbonyl (C=O) groups excluding carboxylic acids is 1. The summed E-state index contributed by atoms with van der Waals surface area (Å²) in [5, 5.41) is 4.26. The molecule has 3 heteroatoms. The highest BCUT2D eigenvalue weighted by atomic mass is 16.1. The van der Waals surface area contributed by atoms with Crippen molar-refractivity contribution in [3.63, 3.8) is 0 Å². The lowest BCUT2D eigenvalue weighted by Crippen LogP contribution is -2.28. The first kappa shape index (κ1) is 12.7. The summed E-state index contributed by atoms with van der Waals surface area (Å²) in [6, 6.07) is 9.76. The summed E-state index contributed by atoms with van der Waals surface area (Å²) in [6.07, 6.45) is 2.29. The molecule has 1 heterocycles. The van der Waals surface area contributed by atoms with Crippen molar-refractivity contribution in [3.8, 4) is 0 Å². The maximum Gasteiger partial charge on any atom is 0.164 e. The molecule has 0 saturated carbocycles. The van der Waals surface area contributed by atoms with Crippen LogP contribution in [0.3, 0.4) is 0 Å². The van der Waals surface area contributed by atoms with Gasteiger partial charge in [-0.1, -0.05) is 13.0 Å². The van der Waals surface area contributed by atoms with Crippen LogP contribution < -0.4 is 5.32 Å². The highest BCUT2D eigenvalue weighted by Crippen LogP contribution is 2.15. The number of nitrogens with zero attached hydrogens (tertiary/aromatic N) is 1. The monoisotopic (exact) mass is 242 g/mol. The molecular weight excluding hydrogens is 224 g/mol. The first-order valence-electron chi connectivity index (χ1n) is 6.32. The Bertz CT molecular complexity index is 551. The predicted octanol–water partition coefficient (Wildman–Crippen LogP) is 2.81. The molecule has 2 aromatic rings. The number of nitrogens with one attached hydrogen (secondary N) is 1. The van der Waals surface area contributed by atoms with E-state index in [0.717, 1.165) is 23.0 Å². The number of aromatic nitrogens is 1. The van der Waals surface area contributed by atoms with Crippen LogP contribution in [0.4, 0.5) is 0 Å². The van der Waals surface area contributed by atoms with Crippen LogP contribution >= 0.6 is 0 Å². The Kier molecular flexibility index (Phi) is 4.05. The van der Waals surface area contributed by atoms with Crippen molar-refractivity contribution in [2.24, 2.45) is 0 Å². The molecule has 1 aromatic carbocycles. The van der Waals surface area contributed by atoms with E-state index in [1.807, 2.05) is 44.2 Å². The molecule has 0 saturated heterocycles. The van der Waals surface area contributed by atoms with E-state index in [2.05, 4.69) is 10.3 Å². The van der Waals surface area contributed by atoms with Gasteiger partial charge in [0.05, 0.1) is 5.52 Å².